The Balaban J connectivity index is 1.71. The van der Waals surface area contributed by atoms with E-state index in [-0.39, 0.29) is 0 Å². The van der Waals surface area contributed by atoms with E-state index in [4.69, 9.17) is 4.74 Å². The summed E-state index contributed by atoms with van der Waals surface area (Å²) in [6.45, 7) is 3.78. The van der Waals surface area contributed by atoms with E-state index in [0.29, 0.717) is 43.8 Å². The fraction of sp³-hybridized carbons (Fsp3) is 0.333. The summed E-state index contributed by atoms with van der Waals surface area (Å²) in [7, 11) is 0. The van der Waals surface area contributed by atoms with Crippen LogP contribution >= 0.6 is 0 Å². The maximum absolute atomic E-state index is 12.0. The Labute approximate surface area is 153 Å². The highest BCUT2D eigenvalue weighted by atomic mass is 16.5. The molecule has 1 N–H and O–H groups in total. The van der Waals surface area contributed by atoms with E-state index in [0.717, 1.165) is 11.1 Å². The van der Waals surface area contributed by atoms with Crippen molar-refractivity contribution in [2.45, 2.75) is 31.9 Å². The smallest absolute Gasteiger partial charge is 0.348 e. The first kappa shape index (κ1) is 18.0. The minimum absolute atomic E-state index is 0.408. The van der Waals surface area contributed by atoms with Gasteiger partial charge < -0.3 is 9.84 Å². The molecule has 0 atom stereocenters. The third-order valence-electron chi connectivity index (χ3n) is 4.98. The number of carboxylic acid groups (broad SMARTS) is 1. The summed E-state index contributed by atoms with van der Waals surface area (Å²) in [5, 5.41) is 19.0. The van der Waals surface area contributed by atoms with Crippen LogP contribution in [0.4, 0.5) is 0 Å². The number of rotatable bonds is 5. The normalized spacial score (nSPS) is 16.6. The number of hydrogen-bond acceptors (Lipinski definition) is 4. The molecule has 1 aliphatic heterocycles. The van der Waals surface area contributed by atoms with E-state index in [1.165, 1.54) is 0 Å². The van der Waals surface area contributed by atoms with Gasteiger partial charge in [0.1, 0.15) is 5.75 Å². The van der Waals surface area contributed by atoms with Crippen LogP contribution in [0.1, 0.15) is 29.5 Å². The molecule has 5 nitrogen and oxygen atoms in total. The van der Waals surface area contributed by atoms with Crippen LogP contribution in [0.5, 0.6) is 5.75 Å². The van der Waals surface area contributed by atoms with Crippen molar-refractivity contribution in [2.75, 3.05) is 13.1 Å². The maximum Gasteiger partial charge on any atom is 0.348 e. The van der Waals surface area contributed by atoms with Gasteiger partial charge in [-0.15, -0.1) is 0 Å². The van der Waals surface area contributed by atoms with Crippen LogP contribution in [0, 0.1) is 18.3 Å². The molecular formula is C21H22N2O3. The van der Waals surface area contributed by atoms with Gasteiger partial charge in [-0.25, -0.2) is 4.79 Å². The van der Waals surface area contributed by atoms with Crippen LogP contribution in [-0.4, -0.2) is 34.7 Å². The van der Waals surface area contributed by atoms with Crippen molar-refractivity contribution in [2.24, 2.45) is 0 Å². The zero-order valence-electron chi connectivity index (χ0n) is 14.8. The Morgan fingerprint density at radius 3 is 2.50 bits per heavy atom. The molecule has 134 valence electrons. The van der Waals surface area contributed by atoms with Gasteiger partial charge in [0.15, 0.2) is 0 Å². The molecule has 1 fully saturated rings. The maximum atomic E-state index is 12.0. The molecule has 0 spiro atoms. The molecule has 26 heavy (non-hydrogen) atoms. The zero-order valence-corrected chi connectivity index (χ0v) is 14.8. The minimum atomic E-state index is -1.20. The molecule has 2 aromatic carbocycles. The Morgan fingerprint density at radius 1 is 1.19 bits per heavy atom. The fourth-order valence-corrected chi connectivity index (χ4v) is 3.32. The van der Waals surface area contributed by atoms with Gasteiger partial charge in [0, 0.05) is 32.5 Å². The second-order valence-electron chi connectivity index (χ2n) is 6.71. The Kier molecular flexibility index (Phi) is 5.24. The summed E-state index contributed by atoms with van der Waals surface area (Å²) >= 11 is 0. The quantitative estimate of drug-likeness (QED) is 0.895. The van der Waals surface area contributed by atoms with Gasteiger partial charge in [0.25, 0.3) is 0 Å². The molecule has 1 saturated heterocycles. The topological polar surface area (TPSA) is 73.6 Å². The van der Waals surface area contributed by atoms with Crippen LogP contribution < -0.4 is 4.74 Å². The largest absolute Gasteiger partial charge is 0.478 e. The summed E-state index contributed by atoms with van der Waals surface area (Å²) < 4.78 is 6.00. The van der Waals surface area contributed by atoms with Crippen molar-refractivity contribution < 1.29 is 14.6 Å². The third-order valence-corrected chi connectivity index (χ3v) is 4.98. The lowest BCUT2D eigenvalue weighted by Crippen LogP contribution is -2.53. The second-order valence-corrected chi connectivity index (χ2v) is 6.71. The lowest BCUT2D eigenvalue weighted by Gasteiger charge is -2.39. The summed E-state index contributed by atoms with van der Waals surface area (Å²) in [4.78, 5) is 14.1. The van der Waals surface area contributed by atoms with Crippen molar-refractivity contribution in [3.63, 3.8) is 0 Å². The Morgan fingerprint density at radius 2 is 1.85 bits per heavy atom. The number of benzene rings is 2. The lowest BCUT2D eigenvalue weighted by molar-refractivity contribution is -0.159. The SMILES string of the molecule is Cc1ccccc1OC1(C(=O)O)CCN(Cc2ccccc2C#N)CC1. The predicted molar refractivity (Wildman–Crippen MR) is 97.8 cm³/mol. The molecule has 0 bridgehead atoms. The van der Waals surface area contributed by atoms with Gasteiger partial charge in [-0.3, -0.25) is 4.90 Å². The summed E-state index contributed by atoms with van der Waals surface area (Å²) in [6.07, 6.45) is 0.816. The number of hydrogen-bond donors (Lipinski definition) is 1. The molecular weight excluding hydrogens is 328 g/mol. The van der Waals surface area contributed by atoms with E-state index >= 15 is 0 Å². The molecule has 1 aliphatic rings. The van der Waals surface area contributed by atoms with E-state index in [1.54, 1.807) is 0 Å². The van der Waals surface area contributed by atoms with Crippen molar-refractivity contribution in [3.8, 4) is 11.8 Å². The molecule has 3 rings (SSSR count). The molecule has 5 heteroatoms. The number of likely N-dealkylation sites (tertiary alicyclic amines) is 1. The van der Waals surface area contributed by atoms with Crippen LogP contribution in [-0.2, 0) is 11.3 Å². The third kappa shape index (κ3) is 3.71. The number of aryl methyl sites for hydroxylation is 1. The Hall–Kier alpha value is -2.84. The summed E-state index contributed by atoms with van der Waals surface area (Å²) in [6, 6.07) is 17.2. The van der Waals surface area contributed by atoms with Crippen molar-refractivity contribution >= 4 is 5.97 Å². The van der Waals surface area contributed by atoms with E-state index in [2.05, 4.69) is 11.0 Å². The van der Waals surface area contributed by atoms with E-state index in [1.807, 2.05) is 55.5 Å². The number of para-hydroxylation sites is 1. The molecule has 1 heterocycles. The van der Waals surface area contributed by atoms with Crippen LogP contribution in [0.15, 0.2) is 48.5 Å². The number of nitriles is 1. The monoisotopic (exact) mass is 350 g/mol. The molecule has 0 aromatic heterocycles. The number of carboxylic acids is 1. The minimum Gasteiger partial charge on any atom is -0.478 e. The van der Waals surface area contributed by atoms with Crippen molar-refractivity contribution in [1.29, 1.82) is 5.26 Å². The van der Waals surface area contributed by atoms with Crippen LogP contribution in [0.25, 0.3) is 0 Å². The number of piperidine rings is 1. The highest BCUT2D eigenvalue weighted by molar-refractivity contribution is 5.78. The predicted octanol–water partition coefficient (Wildman–Crippen LogP) is 3.36. The van der Waals surface area contributed by atoms with E-state index in [9.17, 15) is 15.2 Å². The van der Waals surface area contributed by atoms with Gasteiger partial charge in [-0.2, -0.15) is 5.26 Å². The Bertz CT molecular complexity index is 833. The van der Waals surface area contributed by atoms with Crippen molar-refractivity contribution in [1.82, 2.24) is 4.90 Å². The summed E-state index contributed by atoms with van der Waals surface area (Å²) in [5.41, 5.74) is 1.37. The molecule has 0 amide bonds. The molecule has 0 unspecified atom stereocenters. The molecule has 0 saturated carbocycles. The second kappa shape index (κ2) is 7.59. The highest BCUT2D eigenvalue weighted by Gasteiger charge is 2.44. The number of aliphatic carboxylic acids is 1. The van der Waals surface area contributed by atoms with Gasteiger partial charge >= 0.3 is 5.97 Å². The van der Waals surface area contributed by atoms with Gasteiger partial charge in [0.2, 0.25) is 5.60 Å². The first-order valence-corrected chi connectivity index (χ1v) is 8.72. The average molecular weight is 350 g/mol. The first-order chi connectivity index (χ1) is 12.5. The standard InChI is InChI=1S/C21H22N2O3/c1-16-6-2-5-9-19(16)26-21(20(24)25)10-12-23(13-11-21)15-18-8-4-3-7-17(18)14-22/h2-9H,10-13,15H2,1H3,(H,24,25). The highest BCUT2D eigenvalue weighted by Crippen LogP contribution is 2.31. The van der Waals surface area contributed by atoms with E-state index < -0.39 is 11.6 Å². The number of ether oxygens (including phenoxy) is 1. The number of carbonyl (C=O) groups is 1. The first-order valence-electron chi connectivity index (χ1n) is 8.72. The van der Waals surface area contributed by atoms with Gasteiger partial charge in [-0.1, -0.05) is 36.4 Å². The van der Waals surface area contributed by atoms with Crippen molar-refractivity contribution in [3.05, 3.63) is 65.2 Å². The van der Waals surface area contributed by atoms with Gasteiger partial charge in [-0.05, 0) is 30.2 Å². The fourth-order valence-electron chi connectivity index (χ4n) is 3.32. The van der Waals surface area contributed by atoms with Gasteiger partial charge in [0.05, 0.1) is 11.6 Å². The van der Waals surface area contributed by atoms with Crippen LogP contribution in [0.3, 0.4) is 0 Å². The molecule has 0 aliphatic carbocycles. The number of nitrogens with zero attached hydrogens (tertiary/aromatic N) is 2. The summed E-state index contributed by atoms with van der Waals surface area (Å²) in [5.74, 6) is -0.295. The average Bonchev–Trinajstić information content (AvgIpc) is 2.65. The lowest BCUT2D eigenvalue weighted by atomic mass is 9.90. The molecule has 2 aromatic rings. The molecule has 0 radical (unpaired) electrons. The van der Waals surface area contributed by atoms with Crippen LogP contribution in [0.2, 0.25) is 0 Å². The zero-order chi connectivity index (χ0) is 18.6.